The van der Waals surface area contributed by atoms with Gasteiger partial charge in [-0.2, -0.15) is 0 Å². The lowest BCUT2D eigenvalue weighted by Crippen LogP contribution is -2.37. The normalized spacial score (nSPS) is 19.0. The smallest absolute Gasteiger partial charge is 0.228 e. The molecule has 1 aromatic carbocycles. The summed E-state index contributed by atoms with van der Waals surface area (Å²) in [6, 6.07) is 2.10. The molecule has 6 heteroatoms. The number of nitrogens with one attached hydrogen (secondary N) is 2. The lowest BCUT2D eigenvalue weighted by Gasteiger charge is -2.22. The van der Waals surface area contributed by atoms with Crippen LogP contribution in [0, 0.1) is 17.6 Å². The topological polar surface area (TPSA) is 50.4 Å². The Bertz CT molecular complexity index is 451. The molecule has 104 valence electrons. The summed E-state index contributed by atoms with van der Waals surface area (Å²) in [5, 5.41) is 5.64. The molecule has 1 amide bonds. The number of methoxy groups -OCH3 is 1. The van der Waals surface area contributed by atoms with E-state index in [9.17, 15) is 13.6 Å². The number of ether oxygens (including phenoxy) is 1. The molecular formula is C13H16F2N2O2. The molecule has 0 aliphatic carbocycles. The van der Waals surface area contributed by atoms with E-state index in [2.05, 4.69) is 15.4 Å². The van der Waals surface area contributed by atoms with Gasteiger partial charge in [-0.15, -0.1) is 0 Å². The molecule has 1 aliphatic rings. The molecule has 0 bridgehead atoms. The monoisotopic (exact) mass is 270 g/mol. The van der Waals surface area contributed by atoms with E-state index in [1.807, 2.05) is 0 Å². The van der Waals surface area contributed by atoms with Crippen LogP contribution in [0.3, 0.4) is 0 Å². The standard InChI is InChI=1S/C13H16F2N2O2/c1-19-12-10(14)5-9(6-11(12)15)17-13(18)8-3-2-4-16-7-8/h5-6,8,16H,2-4,7H2,1H3,(H,17,18). The summed E-state index contributed by atoms with van der Waals surface area (Å²) < 4.78 is 31.5. The molecule has 1 atom stereocenters. The number of piperidine rings is 1. The van der Waals surface area contributed by atoms with Gasteiger partial charge in [0.05, 0.1) is 13.0 Å². The predicted octanol–water partition coefficient (Wildman–Crippen LogP) is 1.91. The highest BCUT2D eigenvalue weighted by molar-refractivity contribution is 5.92. The second-order valence-corrected chi connectivity index (χ2v) is 4.51. The summed E-state index contributed by atoms with van der Waals surface area (Å²) in [6.45, 7) is 1.49. The number of anilines is 1. The molecule has 0 aromatic heterocycles. The van der Waals surface area contributed by atoms with Crippen molar-refractivity contribution in [2.24, 2.45) is 5.92 Å². The third-order valence-corrected chi connectivity index (χ3v) is 3.14. The Morgan fingerprint density at radius 3 is 2.63 bits per heavy atom. The van der Waals surface area contributed by atoms with Crippen LogP contribution < -0.4 is 15.4 Å². The highest BCUT2D eigenvalue weighted by Gasteiger charge is 2.21. The quantitative estimate of drug-likeness (QED) is 0.882. The fourth-order valence-corrected chi connectivity index (χ4v) is 2.15. The Kier molecular flexibility index (Phi) is 4.31. The third kappa shape index (κ3) is 3.20. The van der Waals surface area contributed by atoms with Crippen LogP contribution in [0.5, 0.6) is 5.75 Å². The van der Waals surface area contributed by atoms with Crippen molar-refractivity contribution in [2.75, 3.05) is 25.5 Å². The van der Waals surface area contributed by atoms with E-state index in [0.29, 0.717) is 6.54 Å². The lowest BCUT2D eigenvalue weighted by molar-refractivity contribution is -0.120. The van der Waals surface area contributed by atoms with Gasteiger partial charge in [0.2, 0.25) is 5.91 Å². The van der Waals surface area contributed by atoms with Gasteiger partial charge in [0.1, 0.15) is 0 Å². The van der Waals surface area contributed by atoms with Crippen LogP contribution in [-0.2, 0) is 4.79 Å². The second-order valence-electron chi connectivity index (χ2n) is 4.51. The van der Waals surface area contributed by atoms with Gasteiger partial charge in [0.25, 0.3) is 0 Å². The van der Waals surface area contributed by atoms with Crippen LogP contribution in [0.25, 0.3) is 0 Å². The number of benzene rings is 1. The zero-order chi connectivity index (χ0) is 13.8. The molecular weight excluding hydrogens is 254 g/mol. The van der Waals surface area contributed by atoms with E-state index in [4.69, 9.17) is 0 Å². The Morgan fingerprint density at radius 2 is 2.11 bits per heavy atom. The van der Waals surface area contributed by atoms with Crippen molar-refractivity contribution >= 4 is 11.6 Å². The van der Waals surface area contributed by atoms with Gasteiger partial charge in [-0.1, -0.05) is 0 Å². The van der Waals surface area contributed by atoms with Crippen LogP contribution in [0.15, 0.2) is 12.1 Å². The molecule has 1 aromatic rings. The van der Waals surface area contributed by atoms with Crippen LogP contribution in [0.1, 0.15) is 12.8 Å². The molecule has 2 N–H and O–H groups in total. The minimum atomic E-state index is -0.834. The van der Waals surface area contributed by atoms with Crippen molar-refractivity contribution in [1.29, 1.82) is 0 Å². The average molecular weight is 270 g/mol. The number of halogens is 2. The van der Waals surface area contributed by atoms with Crippen molar-refractivity contribution < 1.29 is 18.3 Å². The minimum absolute atomic E-state index is 0.103. The zero-order valence-corrected chi connectivity index (χ0v) is 10.6. The predicted molar refractivity (Wildman–Crippen MR) is 67.1 cm³/mol. The van der Waals surface area contributed by atoms with E-state index in [-0.39, 0.29) is 17.5 Å². The summed E-state index contributed by atoms with van der Waals surface area (Å²) in [4.78, 5) is 11.9. The Balaban J connectivity index is 2.08. The first-order valence-electron chi connectivity index (χ1n) is 6.16. The fraction of sp³-hybridized carbons (Fsp3) is 0.462. The van der Waals surface area contributed by atoms with Crippen LogP contribution in [0.2, 0.25) is 0 Å². The summed E-state index contributed by atoms with van der Waals surface area (Å²) in [5.74, 6) is -2.50. The molecule has 4 nitrogen and oxygen atoms in total. The van der Waals surface area contributed by atoms with Crippen LogP contribution in [0.4, 0.5) is 14.5 Å². The highest BCUT2D eigenvalue weighted by atomic mass is 19.1. The SMILES string of the molecule is COc1c(F)cc(NC(=O)C2CCCNC2)cc1F. The van der Waals surface area contributed by atoms with Gasteiger partial charge >= 0.3 is 0 Å². The largest absolute Gasteiger partial charge is 0.491 e. The third-order valence-electron chi connectivity index (χ3n) is 3.14. The number of rotatable bonds is 3. The number of hydrogen-bond acceptors (Lipinski definition) is 3. The van der Waals surface area contributed by atoms with Crippen LogP contribution >= 0.6 is 0 Å². The van der Waals surface area contributed by atoms with E-state index < -0.39 is 17.4 Å². The number of carbonyl (C=O) groups is 1. The van der Waals surface area contributed by atoms with Gasteiger partial charge < -0.3 is 15.4 Å². The molecule has 1 unspecified atom stereocenters. The minimum Gasteiger partial charge on any atom is -0.491 e. The van der Waals surface area contributed by atoms with Crippen molar-refractivity contribution in [2.45, 2.75) is 12.8 Å². The van der Waals surface area contributed by atoms with Crippen LogP contribution in [-0.4, -0.2) is 26.1 Å². The van der Waals surface area contributed by atoms with Crippen molar-refractivity contribution in [3.8, 4) is 5.75 Å². The summed E-state index contributed by atoms with van der Waals surface area (Å²) in [7, 11) is 1.19. The van der Waals surface area contributed by atoms with Gasteiger partial charge in [-0.05, 0) is 19.4 Å². The first-order chi connectivity index (χ1) is 9.11. The number of hydrogen-bond donors (Lipinski definition) is 2. The van der Waals surface area contributed by atoms with Crippen molar-refractivity contribution in [3.05, 3.63) is 23.8 Å². The Hall–Kier alpha value is -1.69. The molecule has 0 radical (unpaired) electrons. The first kappa shape index (κ1) is 13.7. The molecule has 1 saturated heterocycles. The summed E-state index contributed by atoms with van der Waals surface area (Å²) in [6.07, 6.45) is 1.70. The Labute approximate surface area is 110 Å². The number of carbonyl (C=O) groups excluding carboxylic acids is 1. The molecule has 0 spiro atoms. The Morgan fingerprint density at radius 1 is 1.42 bits per heavy atom. The average Bonchev–Trinajstić information content (AvgIpc) is 2.39. The molecule has 1 heterocycles. The summed E-state index contributed by atoms with van der Waals surface area (Å²) in [5.41, 5.74) is 0.103. The fourth-order valence-electron chi connectivity index (χ4n) is 2.15. The van der Waals surface area contributed by atoms with Gasteiger partial charge in [-0.3, -0.25) is 4.79 Å². The maximum atomic E-state index is 13.5. The molecule has 19 heavy (non-hydrogen) atoms. The lowest BCUT2D eigenvalue weighted by atomic mass is 9.99. The van der Waals surface area contributed by atoms with E-state index in [1.165, 1.54) is 7.11 Å². The molecule has 1 fully saturated rings. The maximum Gasteiger partial charge on any atom is 0.228 e. The van der Waals surface area contributed by atoms with Gasteiger partial charge in [-0.25, -0.2) is 8.78 Å². The molecule has 2 rings (SSSR count). The highest BCUT2D eigenvalue weighted by Crippen LogP contribution is 2.25. The van der Waals surface area contributed by atoms with E-state index in [0.717, 1.165) is 31.5 Å². The first-order valence-corrected chi connectivity index (χ1v) is 6.16. The second kappa shape index (κ2) is 5.97. The van der Waals surface area contributed by atoms with E-state index >= 15 is 0 Å². The zero-order valence-electron chi connectivity index (χ0n) is 10.6. The summed E-state index contributed by atoms with van der Waals surface area (Å²) >= 11 is 0. The maximum absolute atomic E-state index is 13.5. The van der Waals surface area contributed by atoms with Crippen molar-refractivity contribution in [1.82, 2.24) is 5.32 Å². The van der Waals surface area contributed by atoms with Crippen molar-refractivity contribution in [3.63, 3.8) is 0 Å². The molecule has 0 saturated carbocycles. The number of amides is 1. The molecule has 1 aliphatic heterocycles. The van der Waals surface area contributed by atoms with Gasteiger partial charge in [0, 0.05) is 24.4 Å². The van der Waals surface area contributed by atoms with E-state index in [1.54, 1.807) is 0 Å². The van der Waals surface area contributed by atoms with Gasteiger partial charge in [0.15, 0.2) is 17.4 Å².